The van der Waals surface area contributed by atoms with Gasteiger partial charge in [0, 0.05) is 85.2 Å². The molecule has 0 amide bonds. The minimum absolute atomic E-state index is 0.00239. The minimum Gasteiger partial charge on any atom is -0.376 e. The third-order valence-electron chi connectivity index (χ3n) is 16.6. The van der Waals surface area contributed by atoms with Crippen molar-refractivity contribution in [2.75, 3.05) is 9.71 Å². The molecule has 0 saturated carbocycles. The van der Waals surface area contributed by atoms with E-state index in [1.807, 2.05) is 22.7 Å². The van der Waals surface area contributed by atoms with Gasteiger partial charge in [-0.3, -0.25) is 0 Å². The monoisotopic (exact) mass is 975 g/mol. The van der Waals surface area contributed by atoms with Crippen molar-refractivity contribution in [3.63, 3.8) is 0 Å². The van der Waals surface area contributed by atoms with Crippen LogP contribution in [0, 0.1) is 0 Å². The molecule has 352 valence electrons. The lowest BCUT2D eigenvalue weighted by Gasteiger charge is -2.41. The van der Waals surface area contributed by atoms with E-state index in [1.165, 1.54) is 124 Å². The Morgan fingerprint density at radius 1 is 0.466 bits per heavy atom. The van der Waals surface area contributed by atoms with E-state index in [4.69, 9.17) is 0 Å². The Kier molecular flexibility index (Phi) is 8.81. The van der Waals surface area contributed by atoms with Gasteiger partial charge in [-0.25, -0.2) is 0 Å². The largest absolute Gasteiger partial charge is 0.376 e. The number of fused-ring (bicyclic) bond motifs is 16. The fraction of sp³-hybridized carbons (Fsp3) is 0.164. The second-order valence-corrected chi connectivity index (χ2v) is 25.5. The lowest BCUT2D eigenvalue weighted by Crippen LogP contribution is -2.59. The minimum atomic E-state index is -0.239. The third-order valence-corrected chi connectivity index (χ3v) is 19.0. The van der Waals surface area contributed by atoms with Gasteiger partial charge in [0.25, 0.3) is 0 Å². The van der Waals surface area contributed by atoms with Gasteiger partial charge in [-0.2, -0.15) is 0 Å². The van der Waals surface area contributed by atoms with Crippen molar-refractivity contribution < 1.29 is 0 Å². The van der Waals surface area contributed by atoms with Crippen LogP contribution < -0.4 is 20.0 Å². The second kappa shape index (κ2) is 14.9. The van der Waals surface area contributed by atoms with E-state index < -0.39 is 0 Å². The first-order chi connectivity index (χ1) is 35.2. The molecule has 9 aromatic carbocycles. The van der Waals surface area contributed by atoms with Gasteiger partial charge in [-0.1, -0.05) is 146 Å². The number of thiophene rings is 2. The molecule has 1 aliphatic carbocycles. The Balaban J connectivity index is 1.05. The molecule has 5 heterocycles. The van der Waals surface area contributed by atoms with Gasteiger partial charge in [0.05, 0.1) is 16.7 Å². The molecule has 0 saturated heterocycles. The molecule has 3 nitrogen and oxygen atoms in total. The van der Waals surface area contributed by atoms with Crippen molar-refractivity contribution in [2.45, 2.75) is 71.6 Å². The Morgan fingerprint density at radius 2 is 1.14 bits per heavy atom. The molecule has 0 atom stereocenters. The average Bonchev–Trinajstić information content (AvgIpc) is 4.11. The highest BCUT2D eigenvalue weighted by Gasteiger charge is 2.47. The molecule has 12 aromatic rings. The quantitative estimate of drug-likeness (QED) is 0.163. The van der Waals surface area contributed by atoms with Gasteiger partial charge in [0.15, 0.2) is 0 Å². The van der Waals surface area contributed by atoms with Crippen molar-refractivity contribution in [3.8, 4) is 27.9 Å². The maximum absolute atomic E-state index is 2.74. The molecule has 3 aromatic heterocycles. The average molecular weight is 976 g/mol. The fourth-order valence-corrected chi connectivity index (χ4v) is 15.3. The Labute approximate surface area is 435 Å². The highest BCUT2D eigenvalue weighted by Crippen LogP contribution is 2.56. The van der Waals surface area contributed by atoms with Crippen LogP contribution in [-0.2, 0) is 16.2 Å². The number of hydrogen-bond donors (Lipinski definition) is 0. The van der Waals surface area contributed by atoms with Crippen molar-refractivity contribution >= 4 is 120 Å². The molecule has 6 heteroatoms. The molecule has 0 bridgehead atoms. The van der Waals surface area contributed by atoms with Crippen molar-refractivity contribution in [2.24, 2.45) is 0 Å². The summed E-state index contributed by atoms with van der Waals surface area (Å²) in [7, 11) is 0. The Morgan fingerprint density at radius 3 is 1.86 bits per heavy atom. The second-order valence-electron chi connectivity index (χ2n) is 23.3. The van der Waals surface area contributed by atoms with E-state index >= 15 is 0 Å². The molecule has 0 radical (unpaired) electrons. The molecule has 3 aliphatic rings. The van der Waals surface area contributed by atoms with Crippen molar-refractivity contribution in [3.05, 3.63) is 204 Å². The first-order valence-corrected chi connectivity index (χ1v) is 27.5. The van der Waals surface area contributed by atoms with E-state index in [-0.39, 0.29) is 23.1 Å². The summed E-state index contributed by atoms with van der Waals surface area (Å²) in [6, 6.07) is 69.8. The first-order valence-electron chi connectivity index (χ1n) is 25.9. The fourth-order valence-electron chi connectivity index (χ4n) is 12.9. The predicted molar refractivity (Wildman–Crippen MR) is 318 cm³/mol. The molecular weight excluding hydrogens is 922 g/mol. The molecule has 0 spiro atoms. The smallest absolute Gasteiger partial charge is 0.343 e. The molecule has 15 rings (SSSR count). The van der Waals surface area contributed by atoms with Gasteiger partial charge in [0.2, 0.25) is 0 Å². The number of rotatable bonds is 4. The lowest BCUT2D eigenvalue weighted by atomic mass is 9.47. The van der Waals surface area contributed by atoms with Crippen LogP contribution in [0.1, 0.15) is 77.6 Å². The Hall–Kier alpha value is -7.38. The first kappa shape index (κ1) is 43.2. The van der Waals surface area contributed by atoms with E-state index in [0.717, 1.165) is 17.1 Å². The van der Waals surface area contributed by atoms with Crippen molar-refractivity contribution in [1.29, 1.82) is 0 Å². The summed E-state index contributed by atoms with van der Waals surface area (Å²) in [6.45, 7) is 18.8. The van der Waals surface area contributed by atoms with Gasteiger partial charge in [0.1, 0.15) is 0 Å². The molecule has 2 aliphatic heterocycles. The maximum atomic E-state index is 2.74. The summed E-state index contributed by atoms with van der Waals surface area (Å²) < 4.78 is 8.11. The van der Waals surface area contributed by atoms with E-state index in [0.29, 0.717) is 0 Å². The van der Waals surface area contributed by atoms with Crippen LogP contribution in [0.5, 0.6) is 0 Å². The van der Waals surface area contributed by atoms with Crippen LogP contribution in [0.2, 0.25) is 0 Å². The maximum Gasteiger partial charge on any atom is 0.343 e. The van der Waals surface area contributed by atoms with Crippen LogP contribution in [0.4, 0.5) is 28.4 Å². The van der Waals surface area contributed by atoms with Crippen LogP contribution >= 0.6 is 22.7 Å². The number of aromatic nitrogens is 1. The lowest BCUT2D eigenvalue weighted by molar-refractivity contribution is 0.590. The number of benzene rings is 9. The summed E-state index contributed by atoms with van der Waals surface area (Å²) in [4.78, 5) is 5.14. The summed E-state index contributed by atoms with van der Waals surface area (Å²) in [6.07, 6.45) is 0. The zero-order valence-corrected chi connectivity index (χ0v) is 44.2. The summed E-state index contributed by atoms with van der Waals surface area (Å²) >= 11 is 3.91. The van der Waals surface area contributed by atoms with Crippen LogP contribution in [0.3, 0.4) is 0 Å². The van der Waals surface area contributed by atoms with Crippen LogP contribution in [0.25, 0.3) is 80.0 Å². The number of anilines is 5. The van der Waals surface area contributed by atoms with Gasteiger partial charge >= 0.3 is 6.85 Å². The van der Waals surface area contributed by atoms with E-state index in [1.54, 1.807) is 0 Å². The van der Waals surface area contributed by atoms with Crippen molar-refractivity contribution in [1.82, 2.24) is 4.57 Å². The summed E-state index contributed by atoms with van der Waals surface area (Å²) in [5, 5.41) is 6.65. The zero-order chi connectivity index (χ0) is 49.4. The third kappa shape index (κ3) is 6.05. The van der Waals surface area contributed by atoms with Crippen LogP contribution in [0.15, 0.2) is 182 Å². The zero-order valence-electron chi connectivity index (χ0n) is 42.6. The normalized spacial score (nSPS) is 14.4. The SMILES string of the molecule is CC(C)(C)c1ccc(N2B3c4sc5ccc(C(C)(C)C)cc5c4-n4c5cc6sc7ccccc7c6cc5c5ccc(c3c54)-c3cc4c(cc32)C(C)(C)c2ccc(N(c3ccccc3)c3ccccc3)cc2-4)cc1. The Bertz CT molecular complexity index is 4270. The van der Waals surface area contributed by atoms with E-state index in [2.05, 4.69) is 252 Å². The summed E-state index contributed by atoms with van der Waals surface area (Å²) in [5.74, 6) is 0. The topological polar surface area (TPSA) is 11.4 Å². The number of nitrogens with zero attached hydrogens (tertiary/aromatic N) is 3. The molecule has 0 N–H and O–H groups in total. The highest BCUT2D eigenvalue weighted by atomic mass is 32.1. The molecule has 73 heavy (non-hydrogen) atoms. The molecular formula is C67H54BN3S2. The van der Waals surface area contributed by atoms with Gasteiger partial charge < -0.3 is 14.3 Å². The number of hydrogen-bond acceptors (Lipinski definition) is 4. The van der Waals surface area contributed by atoms with Crippen LogP contribution in [-0.4, -0.2) is 11.4 Å². The summed E-state index contributed by atoms with van der Waals surface area (Å²) in [5.41, 5.74) is 21.7. The molecule has 0 unspecified atom stereocenters. The predicted octanol–water partition coefficient (Wildman–Crippen LogP) is 18.0. The van der Waals surface area contributed by atoms with Gasteiger partial charge in [-0.15, -0.1) is 22.7 Å². The standard InChI is InChI=1S/C67H54BN3S2/c1-65(2,3)39-23-26-43(27-24-39)71-57-37-55-49(48-34-44(28-31-54(48)67(55,7)8)69(41-17-11-9-12-18-41)42-19-13-10-14-20-42)35-50(57)46-29-30-47-51-36-52-45-21-15-16-22-58(45)72-60(52)38-56(51)70-62(47)61(46)68(71)64-63(70)53-33-40(66(4,5)6)25-32-59(53)73-64/h9-38H,1-8H3. The van der Waals surface area contributed by atoms with E-state index in [9.17, 15) is 0 Å². The van der Waals surface area contributed by atoms with Gasteiger partial charge in [-0.05, 0) is 146 Å². The number of para-hydroxylation sites is 2. The highest BCUT2D eigenvalue weighted by molar-refractivity contribution is 7.32. The molecule has 0 fully saturated rings.